The number of alkyl halides is 2. The lowest BCUT2D eigenvalue weighted by Gasteiger charge is -2.16. The van der Waals surface area contributed by atoms with Crippen molar-refractivity contribution in [2.45, 2.75) is 25.8 Å². The van der Waals surface area contributed by atoms with Gasteiger partial charge in [-0.25, -0.2) is 8.78 Å². The van der Waals surface area contributed by atoms with E-state index in [0.717, 1.165) is 0 Å². The van der Waals surface area contributed by atoms with E-state index in [2.05, 4.69) is 0 Å². The fourth-order valence-corrected chi connectivity index (χ4v) is 0.574. The number of hydrogen-bond donors (Lipinski definition) is 2. The van der Waals surface area contributed by atoms with Crippen LogP contribution in [-0.4, -0.2) is 23.5 Å². The predicted molar refractivity (Wildman–Crippen MR) is 35.4 cm³/mol. The molecule has 0 aromatic rings. The molecule has 0 saturated heterocycles. The standard InChI is InChI=1S/C6H11F2NO2/c1-3(6(7)8)4(9)2-5(10)11/h3-4,6H,2,9H2,1H3,(H,10,11). The Balaban J connectivity index is 3.82. The second-order valence-electron chi connectivity index (χ2n) is 2.46. The van der Waals surface area contributed by atoms with Crippen LogP contribution in [0.2, 0.25) is 0 Å². The van der Waals surface area contributed by atoms with Gasteiger partial charge in [0.15, 0.2) is 0 Å². The van der Waals surface area contributed by atoms with Gasteiger partial charge in [0.2, 0.25) is 6.43 Å². The predicted octanol–water partition coefficient (Wildman–Crippen LogP) is 0.690. The van der Waals surface area contributed by atoms with Crippen LogP contribution in [0.1, 0.15) is 13.3 Å². The molecule has 0 heterocycles. The number of carboxylic acids is 1. The van der Waals surface area contributed by atoms with Crippen molar-refractivity contribution >= 4 is 5.97 Å². The lowest BCUT2D eigenvalue weighted by atomic mass is 10.0. The molecular weight excluding hydrogens is 156 g/mol. The molecule has 0 rings (SSSR count). The molecule has 0 spiro atoms. The quantitative estimate of drug-likeness (QED) is 0.647. The van der Waals surface area contributed by atoms with E-state index in [1.54, 1.807) is 0 Å². The number of rotatable bonds is 4. The van der Waals surface area contributed by atoms with Gasteiger partial charge in [-0.3, -0.25) is 4.79 Å². The first-order valence-electron chi connectivity index (χ1n) is 3.20. The Labute approximate surface area is 63.2 Å². The number of nitrogens with two attached hydrogens (primary N) is 1. The Kier molecular flexibility index (Phi) is 3.95. The highest BCUT2D eigenvalue weighted by molar-refractivity contribution is 5.67. The molecule has 0 aromatic carbocycles. The highest BCUT2D eigenvalue weighted by atomic mass is 19.3. The molecule has 3 N–H and O–H groups in total. The Morgan fingerprint density at radius 1 is 1.64 bits per heavy atom. The molecule has 0 saturated carbocycles. The second kappa shape index (κ2) is 4.23. The van der Waals surface area contributed by atoms with Crippen LogP contribution >= 0.6 is 0 Å². The zero-order chi connectivity index (χ0) is 9.02. The van der Waals surface area contributed by atoms with E-state index in [4.69, 9.17) is 10.8 Å². The van der Waals surface area contributed by atoms with Gasteiger partial charge in [-0.1, -0.05) is 6.92 Å². The van der Waals surface area contributed by atoms with Crippen molar-refractivity contribution < 1.29 is 18.7 Å². The summed E-state index contributed by atoms with van der Waals surface area (Å²) in [7, 11) is 0. The number of carboxylic acid groups (broad SMARTS) is 1. The molecule has 0 fully saturated rings. The van der Waals surface area contributed by atoms with Crippen molar-refractivity contribution in [1.29, 1.82) is 0 Å². The maximum atomic E-state index is 11.9. The van der Waals surface area contributed by atoms with E-state index in [0.29, 0.717) is 0 Å². The second-order valence-corrected chi connectivity index (χ2v) is 2.46. The number of carbonyl (C=O) groups is 1. The molecule has 0 aliphatic heterocycles. The first-order chi connectivity index (χ1) is 4.95. The van der Waals surface area contributed by atoms with Gasteiger partial charge in [0.05, 0.1) is 6.42 Å². The van der Waals surface area contributed by atoms with Gasteiger partial charge >= 0.3 is 5.97 Å². The van der Waals surface area contributed by atoms with Crippen LogP contribution in [0.4, 0.5) is 8.78 Å². The molecular formula is C6H11F2NO2. The van der Waals surface area contributed by atoms with Crippen LogP contribution in [0.5, 0.6) is 0 Å². The summed E-state index contributed by atoms with van der Waals surface area (Å²) in [5.74, 6) is -2.21. The van der Waals surface area contributed by atoms with Gasteiger partial charge in [-0.05, 0) is 0 Å². The zero-order valence-electron chi connectivity index (χ0n) is 6.13. The summed E-state index contributed by atoms with van der Waals surface area (Å²) in [5.41, 5.74) is 5.16. The molecule has 0 amide bonds. The van der Waals surface area contributed by atoms with Crippen LogP contribution in [0.25, 0.3) is 0 Å². The van der Waals surface area contributed by atoms with Crippen molar-refractivity contribution in [3.8, 4) is 0 Å². The largest absolute Gasteiger partial charge is 0.481 e. The molecule has 11 heavy (non-hydrogen) atoms. The fraction of sp³-hybridized carbons (Fsp3) is 0.833. The van der Waals surface area contributed by atoms with Gasteiger partial charge in [0, 0.05) is 12.0 Å². The Morgan fingerprint density at radius 3 is 2.36 bits per heavy atom. The minimum absolute atomic E-state index is 0.411. The Hall–Kier alpha value is -0.710. The molecule has 3 nitrogen and oxygen atoms in total. The SMILES string of the molecule is CC(C(F)F)C(N)CC(=O)O. The van der Waals surface area contributed by atoms with Crippen LogP contribution in [0.3, 0.4) is 0 Å². The summed E-state index contributed by atoms with van der Waals surface area (Å²) < 4.78 is 23.7. The van der Waals surface area contributed by atoms with E-state index >= 15 is 0 Å². The van der Waals surface area contributed by atoms with Gasteiger partial charge < -0.3 is 10.8 Å². The van der Waals surface area contributed by atoms with Crippen molar-refractivity contribution in [2.75, 3.05) is 0 Å². The van der Waals surface area contributed by atoms with E-state index in [-0.39, 0.29) is 0 Å². The molecule has 66 valence electrons. The van der Waals surface area contributed by atoms with E-state index in [9.17, 15) is 13.6 Å². The van der Waals surface area contributed by atoms with Gasteiger partial charge in [0.25, 0.3) is 0 Å². The summed E-state index contributed by atoms with van der Waals surface area (Å²) in [6, 6.07) is -0.965. The molecule has 2 unspecified atom stereocenters. The smallest absolute Gasteiger partial charge is 0.304 e. The van der Waals surface area contributed by atoms with Gasteiger partial charge in [0.1, 0.15) is 0 Å². The third kappa shape index (κ3) is 3.87. The monoisotopic (exact) mass is 167 g/mol. The van der Waals surface area contributed by atoms with Crippen LogP contribution in [0, 0.1) is 5.92 Å². The first kappa shape index (κ1) is 10.3. The average Bonchev–Trinajstić information content (AvgIpc) is 1.84. The summed E-state index contributed by atoms with van der Waals surface area (Å²) in [6.45, 7) is 1.23. The minimum Gasteiger partial charge on any atom is -0.481 e. The Morgan fingerprint density at radius 2 is 2.09 bits per heavy atom. The summed E-state index contributed by atoms with van der Waals surface area (Å²) in [4.78, 5) is 10.0. The number of halogens is 2. The fourth-order valence-electron chi connectivity index (χ4n) is 0.574. The normalized spacial score (nSPS) is 16.5. The maximum Gasteiger partial charge on any atom is 0.304 e. The summed E-state index contributed by atoms with van der Waals surface area (Å²) >= 11 is 0. The minimum atomic E-state index is -2.55. The Bertz CT molecular complexity index is 141. The molecule has 2 atom stereocenters. The first-order valence-corrected chi connectivity index (χ1v) is 3.20. The molecule has 0 aliphatic rings. The maximum absolute atomic E-state index is 11.9. The number of aliphatic carboxylic acids is 1. The van der Waals surface area contributed by atoms with E-state index < -0.39 is 30.8 Å². The van der Waals surface area contributed by atoms with Crippen molar-refractivity contribution in [3.05, 3.63) is 0 Å². The molecule has 5 heteroatoms. The van der Waals surface area contributed by atoms with Crippen LogP contribution in [0.15, 0.2) is 0 Å². The highest BCUT2D eigenvalue weighted by Gasteiger charge is 2.23. The molecule has 0 bridgehead atoms. The zero-order valence-corrected chi connectivity index (χ0v) is 6.13. The van der Waals surface area contributed by atoms with Crippen molar-refractivity contribution in [1.82, 2.24) is 0 Å². The molecule has 0 aromatic heterocycles. The van der Waals surface area contributed by atoms with E-state index in [1.165, 1.54) is 6.92 Å². The van der Waals surface area contributed by atoms with Gasteiger partial charge in [-0.15, -0.1) is 0 Å². The topological polar surface area (TPSA) is 63.3 Å². The lowest BCUT2D eigenvalue weighted by Crippen LogP contribution is -2.34. The average molecular weight is 167 g/mol. The van der Waals surface area contributed by atoms with Crippen molar-refractivity contribution in [2.24, 2.45) is 11.7 Å². The number of hydrogen-bond acceptors (Lipinski definition) is 2. The molecule has 0 aliphatic carbocycles. The van der Waals surface area contributed by atoms with Gasteiger partial charge in [-0.2, -0.15) is 0 Å². The third-order valence-corrected chi connectivity index (χ3v) is 1.48. The van der Waals surface area contributed by atoms with Crippen LogP contribution < -0.4 is 5.73 Å². The summed E-state index contributed by atoms with van der Waals surface area (Å²) in [6.07, 6.45) is -2.96. The third-order valence-electron chi connectivity index (χ3n) is 1.48. The van der Waals surface area contributed by atoms with E-state index in [1.807, 2.05) is 0 Å². The molecule has 0 radical (unpaired) electrons. The summed E-state index contributed by atoms with van der Waals surface area (Å²) in [5, 5.41) is 8.19. The van der Waals surface area contributed by atoms with Crippen molar-refractivity contribution in [3.63, 3.8) is 0 Å². The lowest BCUT2D eigenvalue weighted by molar-refractivity contribution is -0.137. The van der Waals surface area contributed by atoms with Crippen LogP contribution in [-0.2, 0) is 4.79 Å². The highest BCUT2D eigenvalue weighted by Crippen LogP contribution is 2.13.